The molecule has 1 N–H and O–H groups in total. The van der Waals surface area contributed by atoms with Crippen molar-refractivity contribution >= 4 is 33.5 Å². The van der Waals surface area contributed by atoms with Crippen LogP contribution in [-0.4, -0.2) is 63.6 Å². The molecule has 0 radical (unpaired) electrons. The number of carbonyl (C=O) groups is 1. The third-order valence-corrected chi connectivity index (χ3v) is 9.84. The molecule has 1 aliphatic carbocycles. The smallest absolute Gasteiger partial charge is 0.248 e. The molecule has 2 fully saturated rings. The van der Waals surface area contributed by atoms with Gasteiger partial charge < -0.3 is 9.84 Å². The standard InChI is InChI=1S/C30H38F2N4O3S/c1-22(20-36(25-7-3-2-4-8-25)40(38)21-23-11-15-30(31,32)16-12-23)35-17-13-24(14-18-35)33-29(37)19-27-26-9-5-6-10-28(26)39-34-27/h2-10,22-24H,11-21H2,1H3,(H,33,37)/t22-,40?/m1/s1. The number of para-hydroxylation sites is 2. The van der Waals surface area contributed by atoms with Crippen molar-refractivity contribution < 1.29 is 22.3 Å². The molecule has 7 nitrogen and oxygen atoms in total. The van der Waals surface area contributed by atoms with Gasteiger partial charge in [0.2, 0.25) is 11.8 Å². The molecule has 40 heavy (non-hydrogen) atoms. The summed E-state index contributed by atoms with van der Waals surface area (Å²) in [6.45, 7) is 4.37. The third kappa shape index (κ3) is 7.26. The topological polar surface area (TPSA) is 78.7 Å². The van der Waals surface area contributed by atoms with E-state index in [1.165, 1.54) is 0 Å². The fourth-order valence-corrected chi connectivity index (χ4v) is 7.45. The number of carbonyl (C=O) groups excluding carboxylic acids is 1. The van der Waals surface area contributed by atoms with E-state index in [-0.39, 0.29) is 43.2 Å². The average Bonchev–Trinajstić information content (AvgIpc) is 3.36. The second-order valence-electron chi connectivity index (χ2n) is 11.2. The Morgan fingerprint density at radius 3 is 2.50 bits per heavy atom. The monoisotopic (exact) mass is 572 g/mol. The summed E-state index contributed by atoms with van der Waals surface area (Å²) >= 11 is 0. The Hall–Kier alpha value is -2.85. The highest BCUT2D eigenvalue weighted by Gasteiger charge is 2.36. The number of piperidine rings is 1. The van der Waals surface area contributed by atoms with Gasteiger partial charge in [0.1, 0.15) is 16.7 Å². The van der Waals surface area contributed by atoms with Gasteiger partial charge in [-0.2, -0.15) is 0 Å². The van der Waals surface area contributed by atoms with Crippen molar-refractivity contribution in [2.45, 2.75) is 69.9 Å². The largest absolute Gasteiger partial charge is 0.356 e. The molecule has 0 bridgehead atoms. The first-order valence-electron chi connectivity index (χ1n) is 14.2. The molecule has 1 amide bonds. The van der Waals surface area contributed by atoms with Crippen molar-refractivity contribution in [2.24, 2.45) is 5.92 Å². The van der Waals surface area contributed by atoms with Crippen molar-refractivity contribution in [3.63, 3.8) is 0 Å². The fraction of sp³-hybridized carbons (Fsp3) is 0.533. The van der Waals surface area contributed by atoms with Crippen LogP contribution in [0.2, 0.25) is 0 Å². The van der Waals surface area contributed by atoms with Gasteiger partial charge in [0.25, 0.3) is 0 Å². The van der Waals surface area contributed by atoms with Gasteiger partial charge in [-0.3, -0.25) is 14.0 Å². The number of benzene rings is 2. The molecule has 1 saturated heterocycles. The second-order valence-corrected chi connectivity index (χ2v) is 12.6. The quantitative estimate of drug-likeness (QED) is 0.355. The molecular weight excluding hydrogens is 534 g/mol. The molecule has 5 rings (SSSR count). The van der Waals surface area contributed by atoms with Gasteiger partial charge in [0.15, 0.2) is 5.58 Å². The van der Waals surface area contributed by atoms with E-state index in [4.69, 9.17) is 4.52 Å². The SMILES string of the molecule is C[C@H](CN(c1ccccc1)S(=O)CC1CCC(F)(F)CC1)N1CCC(NC(=O)Cc2noc3ccccc23)CC1. The minimum Gasteiger partial charge on any atom is -0.356 e. The molecule has 1 saturated carbocycles. The minimum atomic E-state index is -2.58. The molecule has 2 atom stereocenters. The van der Waals surface area contributed by atoms with Crippen LogP contribution in [0.3, 0.4) is 0 Å². The maximum absolute atomic E-state index is 13.6. The number of nitrogens with one attached hydrogen (secondary N) is 1. The fourth-order valence-electron chi connectivity index (χ4n) is 5.79. The number of alkyl halides is 2. The molecule has 3 aromatic rings. The predicted octanol–water partition coefficient (Wildman–Crippen LogP) is 5.34. The van der Waals surface area contributed by atoms with Crippen molar-refractivity contribution in [1.82, 2.24) is 15.4 Å². The van der Waals surface area contributed by atoms with Gasteiger partial charge in [0.05, 0.1) is 6.42 Å². The second kappa shape index (κ2) is 12.8. The number of aromatic nitrogens is 1. The number of nitrogens with zero attached hydrogens (tertiary/aromatic N) is 3. The van der Waals surface area contributed by atoms with Crippen molar-refractivity contribution in [3.05, 3.63) is 60.3 Å². The lowest BCUT2D eigenvalue weighted by Crippen LogP contribution is -2.50. The van der Waals surface area contributed by atoms with E-state index in [9.17, 15) is 17.8 Å². The Bertz CT molecular complexity index is 1290. The zero-order valence-electron chi connectivity index (χ0n) is 22.9. The summed E-state index contributed by atoms with van der Waals surface area (Å²) in [4.78, 5) is 15.1. The van der Waals surface area contributed by atoms with Crippen LogP contribution in [-0.2, 0) is 22.2 Å². The van der Waals surface area contributed by atoms with Crippen molar-refractivity contribution in [1.29, 1.82) is 0 Å². The van der Waals surface area contributed by atoms with E-state index in [1.807, 2.05) is 58.9 Å². The zero-order valence-corrected chi connectivity index (χ0v) is 23.8. The molecular formula is C30H38F2N4O3S. The van der Waals surface area contributed by atoms with Crippen LogP contribution in [0, 0.1) is 5.92 Å². The number of amides is 1. The van der Waals surface area contributed by atoms with Crippen LogP contribution >= 0.6 is 0 Å². The van der Waals surface area contributed by atoms with Crippen LogP contribution in [0.1, 0.15) is 51.1 Å². The van der Waals surface area contributed by atoms with Crippen LogP contribution in [0.5, 0.6) is 0 Å². The normalized spacial score (nSPS) is 20.3. The predicted molar refractivity (Wildman–Crippen MR) is 154 cm³/mol. The van der Waals surface area contributed by atoms with E-state index in [2.05, 4.69) is 22.3 Å². The molecule has 2 aromatic carbocycles. The highest BCUT2D eigenvalue weighted by atomic mass is 32.2. The lowest BCUT2D eigenvalue weighted by Gasteiger charge is -2.39. The number of hydrogen-bond donors (Lipinski definition) is 1. The number of hydrogen-bond acceptors (Lipinski definition) is 5. The van der Waals surface area contributed by atoms with Gasteiger partial charge in [-0.05, 0) is 62.8 Å². The Morgan fingerprint density at radius 1 is 1.10 bits per heavy atom. The Morgan fingerprint density at radius 2 is 1.77 bits per heavy atom. The van der Waals surface area contributed by atoms with Crippen LogP contribution in [0.25, 0.3) is 11.0 Å². The molecule has 10 heteroatoms. The maximum atomic E-state index is 13.6. The van der Waals surface area contributed by atoms with E-state index in [1.54, 1.807) is 0 Å². The summed E-state index contributed by atoms with van der Waals surface area (Å²) in [6, 6.07) is 17.5. The molecule has 1 aromatic heterocycles. The first kappa shape index (κ1) is 28.7. The Kier molecular flexibility index (Phi) is 9.15. The molecule has 2 heterocycles. The van der Waals surface area contributed by atoms with E-state index in [0.29, 0.717) is 36.4 Å². The molecule has 0 spiro atoms. The lowest BCUT2D eigenvalue weighted by atomic mass is 9.88. The summed E-state index contributed by atoms with van der Waals surface area (Å²) in [6.07, 6.45) is 2.46. The summed E-state index contributed by atoms with van der Waals surface area (Å²) in [7, 11) is -1.31. The summed E-state index contributed by atoms with van der Waals surface area (Å²) in [5.74, 6) is -2.18. The Balaban J connectivity index is 1.13. The number of rotatable bonds is 10. The van der Waals surface area contributed by atoms with Gasteiger partial charge >= 0.3 is 0 Å². The number of halogens is 2. The third-order valence-electron chi connectivity index (χ3n) is 8.23. The van der Waals surface area contributed by atoms with Gasteiger partial charge in [0, 0.05) is 61.4 Å². The van der Waals surface area contributed by atoms with Gasteiger partial charge in [-0.1, -0.05) is 35.5 Å². The molecule has 216 valence electrons. The minimum absolute atomic E-state index is 0.0524. The van der Waals surface area contributed by atoms with Crippen LogP contribution in [0.4, 0.5) is 14.5 Å². The van der Waals surface area contributed by atoms with Crippen molar-refractivity contribution in [3.8, 4) is 0 Å². The van der Waals surface area contributed by atoms with E-state index >= 15 is 0 Å². The summed E-state index contributed by atoms with van der Waals surface area (Å²) in [5.41, 5.74) is 2.21. The van der Waals surface area contributed by atoms with Crippen LogP contribution in [0.15, 0.2) is 59.1 Å². The maximum Gasteiger partial charge on any atom is 0.248 e. The first-order chi connectivity index (χ1) is 19.3. The van der Waals surface area contributed by atoms with Gasteiger partial charge in [-0.15, -0.1) is 0 Å². The van der Waals surface area contributed by atoms with Crippen LogP contribution < -0.4 is 9.62 Å². The summed E-state index contributed by atoms with van der Waals surface area (Å²) in [5, 5.41) is 8.09. The average molecular weight is 573 g/mol. The van der Waals surface area contributed by atoms with E-state index < -0.39 is 16.9 Å². The highest BCUT2D eigenvalue weighted by Crippen LogP contribution is 2.37. The molecule has 1 unspecified atom stereocenters. The molecule has 2 aliphatic rings. The number of anilines is 1. The molecule has 1 aliphatic heterocycles. The van der Waals surface area contributed by atoms with E-state index in [0.717, 1.165) is 37.0 Å². The lowest BCUT2D eigenvalue weighted by molar-refractivity contribution is -0.121. The first-order valence-corrected chi connectivity index (χ1v) is 15.5. The summed E-state index contributed by atoms with van der Waals surface area (Å²) < 4.78 is 48.1. The number of fused-ring (bicyclic) bond motifs is 1. The van der Waals surface area contributed by atoms with Crippen molar-refractivity contribution in [2.75, 3.05) is 29.7 Å². The zero-order chi connectivity index (χ0) is 28.1. The Labute approximate surface area is 236 Å². The highest BCUT2D eigenvalue weighted by molar-refractivity contribution is 7.86. The number of likely N-dealkylation sites (tertiary alicyclic amines) is 1. The van der Waals surface area contributed by atoms with Gasteiger partial charge in [-0.25, -0.2) is 13.0 Å².